The predicted molar refractivity (Wildman–Crippen MR) is 137 cm³/mol. The van der Waals surface area contributed by atoms with Crippen LogP contribution in [0.25, 0.3) is 0 Å². The number of benzene rings is 2. The van der Waals surface area contributed by atoms with Gasteiger partial charge in [-0.05, 0) is 51.3 Å². The van der Waals surface area contributed by atoms with Crippen LogP contribution in [0.5, 0.6) is 0 Å². The number of carbonyl (C=O) groups is 2. The first kappa shape index (κ1) is 29.2. The van der Waals surface area contributed by atoms with Crippen molar-refractivity contribution in [3.8, 4) is 0 Å². The number of amides is 2. The standard InChI is InChI=1S/C26H35F2N3O4S/c1-6-24(26(33)29-18(2)3)30(17-20-11-9-19(4)10-12-20)25(32)8-7-15-31(36(5,34)35)21-13-14-22(27)23(28)16-21/h9-14,16,18,24H,6-8,15,17H2,1-5H3,(H,29,33)/t24-/m1/s1. The van der Waals surface area contributed by atoms with Gasteiger partial charge in [0, 0.05) is 31.6 Å². The average molecular weight is 524 g/mol. The van der Waals surface area contributed by atoms with Crippen molar-refractivity contribution in [2.45, 2.75) is 65.6 Å². The maximum atomic E-state index is 13.7. The second-order valence-electron chi connectivity index (χ2n) is 9.13. The molecule has 10 heteroatoms. The summed E-state index contributed by atoms with van der Waals surface area (Å²) in [6, 6.07) is 9.71. The van der Waals surface area contributed by atoms with Gasteiger partial charge in [0.2, 0.25) is 21.8 Å². The molecular formula is C26H35F2N3O4S. The molecule has 1 atom stereocenters. The Labute approximate surface area is 212 Å². The van der Waals surface area contributed by atoms with Gasteiger partial charge in [-0.3, -0.25) is 13.9 Å². The number of halogens is 2. The van der Waals surface area contributed by atoms with Crippen LogP contribution in [0.15, 0.2) is 42.5 Å². The minimum Gasteiger partial charge on any atom is -0.352 e. The molecule has 0 saturated carbocycles. The molecule has 0 spiro atoms. The number of sulfonamides is 1. The van der Waals surface area contributed by atoms with E-state index in [0.29, 0.717) is 6.42 Å². The van der Waals surface area contributed by atoms with Crippen LogP contribution in [0.2, 0.25) is 0 Å². The highest BCUT2D eigenvalue weighted by atomic mass is 32.2. The quantitative estimate of drug-likeness (QED) is 0.453. The molecule has 2 amide bonds. The van der Waals surface area contributed by atoms with E-state index in [1.807, 2.05) is 52.0 Å². The van der Waals surface area contributed by atoms with Crippen molar-refractivity contribution in [2.75, 3.05) is 17.1 Å². The predicted octanol–water partition coefficient (Wildman–Crippen LogP) is 4.15. The Kier molecular flexibility index (Phi) is 10.4. The van der Waals surface area contributed by atoms with Crippen LogP contribution in [0, 0.1) is 18.6 Å². The van der Waals surface area contributed by atoms with Gasteiger partial charge in [-0.1, -0.05) is 36.8 Å². The maximum Gasteiger partial charge on any atom is 0.243 e. The van der Waals surface area contributed by atoms with Crippen LogP contribution in [0.1, 0.15) is 51.2 Å². The van der Waals surface area contributed by atoms with E-state index in [9.17, 15) is 26.8 Å². The Hall–Kier alpha value is -3.01. The number of hydrogen-bond acceptors (Lipinski definition) is 4. The van der Waals surface area contributed by atoms with Crippen LogP contribution >= 0.6 is 0 Å². The molecule has 2 rings (SSSR count). The molecule has 0 saturated heterocycles. The molecule has 36 heavy (non-hydrogen) atoms. The Bertz CT molecular complexity index is 1150. The second kappa shape index (κ2) is 12.8. The summed E-state index contributed by atoms with van der Waals surface area (Å²) < 4.78 is 52.6. The molecule has 2 aromatic carbocycles. The van der Waals surface area contributed by atoms with E-state index >= 15 is 0 Å². The van der Waals surface area contributed by atoms with E-state index in [2.05, 4.69) is 5.32 Å². The molecule has 2 aromatic rings. The smallest absolute Gasteiger partial charge is 0.243 e. The van der Waals surface area contributed by atoms with E-state index in [4.69, 9.17) is 0 Å². The topological polar surface area (TPSA) is 86.8 Å². The van der Waals surface area contributed by atoms with Crippen molar-refractivity contribution in [1.82, 2.24) is 10.2 Å². The summed E-state index contributed by atoms with van der Waals surface area (Å²) in [4.78, 5) is 27.7. The summed E-state index contributed by atoms with van der Waals surface area (Å²) in [6.45, 7) is 7.58. The zero-order valence-electron chi connectivity index (χ0n) is 21.4. The number of aryl methyl sites for hydroxylation is 1. The van der Waals surface area contributed by atoms with E-state index in [1.165, 1.54) is 11.0 Å². The van der Waals surface area contributed by atoms with E-state index < -0.39 is 27.7 Å². The molecule has 0 bridgehead atoms. The van der Waals surface area contributed by atoms with Gasteiger partial charge in [0.1, 0.15) is 6.04 Å². The first-order valence-corrected chi connectivity index (χ1v) is 13.8. The van der Waals surface area contributed by atoms with E-state index in [1.54, 1.807) is 0 Å². The largest absolute Gasteiger partial charge is 0.352 e. The lowest BCUT2D eigenvalue weighted by molar-refractivity contribution is -0.141. The normalized spacial score (nSPS) is 12.3. The van der Waals surface area contributed by atoms with Crippen LogP contribution in [-0.2, 0) is 26.2 Å². The molecule has 0 aromatic heterocycles. The number of anilines is 1. The third-order valence-electron chi connectivity index (χ3n) is 5.63. The van der Waals surface area contributed by atoms with Crippen LogP contribution in [0.3, 0.4) is 0 Å². The highest BCUT2D eigenvalue weighted by Crippen LogP contribution is 2.22. The summed E-state index contributed by atoms with van der Waals surface area (Å²) in [5, 5.41) is 2.86. The molecule has 1 N–H and O–H groups in total. The molecule has 198 valence electrons. The van der Waals surface area contributed by atoms with E-state index in [0.717, 1.165) is 33.8 Å². The summed E-state index contributed by atoms with van der Waals surface area (Å²) in [5.74, 6) is -2.81. The number of carbonyl (C=O) groups excluding carboxylic acids is 2. The van der Waals surface area contributed by atoms with Crippen molar-refractivity contribution in [1.29, 1.82) is 0 Å². The number of hydrogen-bond donors (Lipinski definition) is 1. The average Bonchev–Trinajstić information content (AvgIpc) is 2.78. The van der Waals surface area contributed by atoms with Gasteiger partial charge in [0.25, 0.3) is 0 Å². The fraction of sp³-hybridized carbons (Fsp3) is 0.462. The lowest BCUT2D eigenvalue weighted by Crippen LogP contribution is -2.50. The highest BCUT2D eigenvalue weighted by Gasteiger charge is 2.29. The lowest BCUT2D eigenvalue weighted by Gasteiger charge is -2.31. The first-order valence-electron chi connectivity index (χ1n) is 11.9. The molecule has 0 radical (unpaired) electrons. The molecule has 0 aliphatic carbocycles. The molecule has 0 aliphatic heterocycles. The van der Waals surface area contributed by atoms with Crippen molar-refractivity contribution >= 4 is 27.5 Å². The van der Waals surface area contributed by atoms with Crippen molar-refractivity contribution < 1.29 is 26.8 Å². The van der Waals surface area contributed by atoms with Crippen LogP contribution in [0.4, 0.5) is 14.5 Å². The minimum atomic E-state index is -3.81. The molecule has 0 aliphatic rings. The minimum absolute atomic E-state index is 0.0249. The first-order chi connectivity index (χ1) is 16.8. The van der Waals surface area contributed by atoms with Crippen LogP contribution in [-0.4, -0.2) is 50.0 Å². The van der Waals surface area contributed by atoms with Gasteiger partial charge in [0.15, 0.2) is 11.6 Å². The second-order valence-corrected chi connectivity index (χ2v) is 11.0. The highest BCUT2D eigenvalue weighted by molar-refractivity contribution is 7.92. The number of rotatable bonds is 12. The summed E-state index contributed by atoms with van der Waals surface area (Å²) in [5.41, 5.74) is 1.91. The third-order valence-corrected chi connectivity index (χ3v) is 6.83. The van der Waals surface area contributed by atoms with Crippen molar-refractivity contribution in [3.05, 3.63) is 65.2 Å². The summed E-state index contributed by atoms with van der Waals surface area (Å²) in [7, 11) is -3.81. The Balaban J connectivity index is 2.22. The SMILES string of the molecule is CC[C@H](C(=O)NC(C)C)N(Cc1ccc(C)cc1)C(=O)CCCN(c1ccc(F)c(F)c1)S(C)(=O)=O. The van der Waals surface area contributed by atoms with Crippen LogP contribution < -0.4 is 9.62 Å². The van der Waals surface area contributed by atoms with Crippen molar-refractivity contribution in [2.24, 2.45) is 0 Å². The molecule has 7 nitrogen and oxygen atoms in total. The third kappa shape index (κ3) is 8.29. The van der Waals surface area contributed by atoms with Gasteiger partial charge in [-0.15, -0.1) is 0 Å². The Morgan fingerprint density at radius 2 is 1.67 bits per heavy atom. The fourth-order valence-corrected chi connectivity index (χ4v) is 4.79. The molecule has 0 fully saturated rings. The molecular weight excluding hydrogens is 488 g/mol. The zero-order chi connectivity index (χ0) is 27.0. The van der Waals surface area contributed by atoms with E-state index in [-0.39, 0.29) is 49.5 Å². The number of nitrogens with one attached hydrogen (secondary N) is 1. The Morgan fingerprint density at radius 3 is 2.19 bits per heavy atom. The summed E-state index contributed by atoms with van der Waals surface area (Å²) >= 11 is 0. The van der Waals surface area contributed by atoms with Gasteiger partial charge in [-0.25, -0.2) is 17.2 Å². The lowest BCUT2D eigenvalue weighted by atomic mass is 10.1. The van der Waals surface area contributed by atoms with Gasteiger partial charge in [0.05, 0.1) is 11.9 Å². The molecule has 0 heterocycles. The maximum absolute atomic E-state index is 13.7. The fourth-order valence-electron chi connectivity index (χ4n) is 3.83. The summed E-state index contributed by atoms with van der Waals surface area (Å²) in [6.07, 6.45) is 1.45. The van der Waals surface area contributed by atoms with Gasteiger partial charge < -0.3 is 10.2 Å². The monoisotopic (exact) mass is 523 g/mol. The molecule has 0 unspecified atom stereocenters. The Morgan fingerprint density at radius 1 is 1.03 bits per heavy atom. The van der Waals surface area contributed by atoms with Crippen molar-refractivity contribution in [3.63, 3.8) is 0 Å². The zero-order valence-corrected chi connectivity index (χ0v) is 22.2. The number of nitrogens with zero attached hydrogens (tertiary/aromatic N) is 2. The van der Waals surface area contributed by atoms with Gasteiger partial charge >= 0.3 is 0 Å². The van der Waals surface area contributed by atoms with Gasteiger partial charge in [-0.2, -0.15) is 0 Å².